The van der Waals surface area contributed by atoms with Crippen molar-refractivity contribution in [2.24, 2.45) is 0 Å². The summed E-state index contributed by atoms with van der Waals surface area (Å²) in [6, 6.07) is 4.42. The molecule has 1 aromatic rings. The molecule has 0 atom stereocenters. The number of thiol groups is 1. The maximum absolute atomic E-state index is 12.7. The van der Waals surface area contributed by atoms with Gasteiger partial charge in [0.2, 0.25) is 0 Å². The van der Waals surface area contributed by atoms with Gasteiger partial charge in [-0.3, -0.25) is 0 Å². The molecular weight excluding hydrogens is 185 g/mol. The molecule has 0 bridgehead atoms. The van der Waals surface area contributed by atoms with Crippen molar-refractivity contribution in [2.75, 3.05) is 0 Å². The van der Waals surface area contributed by atoms with Gasteiger partial charge in [0.25, 0.3) is 0 Å². The lowest BCUT2D eigenvalue weighted by Gasteiger charge is -1.97. The van der Waals surface area contributed by atoms with Crippen LogP contribution in [0.1, 0.15) is 5.56 Å². The molecule has 0 aliphatic heterocycles. The number of nitrogens with zero attached hydrogens (tertiary/aromatic N) is 1. The zero-order valence-corrected chi connectivity index (χ0v) is 6.96. The molecule has 0 saturated carbocycles. The molecule has 1 aromatic carbocycles. The first kappa shape index (κ1) is 8.38. The third kappa shape index (κ3) is 1.65. The van der Waals surface area contributed by atoms with Gasteiger partial charge in [-0.15, -0.1) is 12.6 Å². The van der Waals surface area contributed by atoms with Crippen molar-refractivity contribution in [1.82, 2.24) is 0 Å². The first-order valence-corrected chi connectivity index (χ1v) is 3.56. The second-order valence-corrected chi connectivity index (χ2v) is 2.79. The molecule has 56 valence electrons. The standard InChI is InChI=1S/C7H3ClFNS/c8-5-1-4(3-10)2-6(11)7(5)9/h1-2,11H. The van der Waals surface area contributed by atoms with Crippen molar-refractivity contribution in [2.45, 2.75) is 4.90 Å². The lowest BCUT2D eigenvalue weighted by Crippen LogP contribution is -1.82. The summed E-state index contributed by atoms with van der Waals surface area (Å²) in [4.78, 5) is 0.0917. The monoisotopic (exact) mass is 187 g/mol. The van der Waals surface area contributed by atoms with Crippen LogP contribution in [-0.2, 0) is 0 Å². The maximum Gasteiger partial charge on any atom is 0.155 e. The molecule has 0 saturated heterocycles. The third-order valence-electron chi connectivity index (χ3n) is 1.14. The van der Waals surface area contributed by atoms with Crippen LogP contribution in [0.15, 0.2) is 17.0 Å². The largest absolute Gasteiger partial charge is 0.204 e. The van der Waals surface area contributed by atoms with Gasteiger partial charge in [-0.1, -0.05) is 11.6 Å². The van der Waals surface area contributed by atoms with Crippen molar-refractivity contribution in [3.8, 4) is 6.07 Å². The Kier molecular flexibility index (Phi) is 2.38. The van der Waals surface area contributed by atoms with Crippen LogP contribution < -0.4 is 0 Å². The van der Waals surface area contributed by atoms with Gasteiger partial charge < -0.3 is 0 Å². The number of benzene rings is 1. The second-order valence-electron chi connectivity index (χ2n) is 1.90. The Hall–Kier alpha value is -0.720. The number of halogens is 2. The third-order valence-corrected chi connectivity index (χ3v) is 1.74. The van der Waals surface area contributed by atoms with Crippen LogP contribution in [0.3, 0.4) is 0 Å². The molecular formula is C7H3ClFNS. The Balaban J connectivity index is 3.35. The van der Waals surface area contributed by atoms with Crippen LogP contribution >= 0.6 is 24.2 Å². The van der Waals surface area contributed by atoms with E-state index in [-0.39, 0.29) is 9.92 Å². The Labute approximate surface area is 73.8 Å². The lowest BCUT2D eigenvalue weighted by atomic mass is 10.2. The molecule has 1 nitrogen and oxygen atoms in total. The quantitative estimate of drug-likeness (QED) is 0.621. The van der Waals surface area contributed by atoms with Crippen LogP contribution in [-0.4, -0.2) is 0 Å². The molecule has 0 fully saturated rings. The van der Waals surface area contributed by atoms with Crippen LogP contribution in [0.4, 0.5) is 4.39 Å². The average molecular weight is 188 g/mol. The van der Waals surface area contributed by atoms with Gasteiger partial charge >= 0.3 is 0 Å². The Morgan fingerprint density at radius 1 is 1.55 bits per heavy atom. The summed E-state index contributed by atoms with van der Waals surface area (Å²) in [7, 11) is 0. The molecule has 11 heavy (non-hydrogen) atoms. The zero-order chi connectivity index (χ0) is 8.43. The average Bonchev–Trinajstić information content (AvgIpc) is 1.99. The summed E-state index contributed by atoms with van der Waals surface area (Å²) in [5.41, 5.74) is 0.307. The summed E-state index contributed by atoms with van der Waals surface area (Å²) in [5.74, 6) is -0.589. The summed E-state index contributed by atoms with van der Waals surface area (Å²) in [5, 5.41) is 8.34. The number of hydrogen-bond donors (Lipinski definition) is 1. The van der Waals surface area contributed by atoms with Gasteiger partial charge in [-0.2, -0.15) is 5.26 Å². The van der Waals surface area contributed by atoms with Crippen molar-refractivity contribution in [3.63, 3.8) is 0 Å². The number of nitriles is 1. The SMILES string of the molecule is N#Cc1cc(S)c(F)c(Cl)c1. The number of hydrogen-bond acceptors (Lipinski definition) is 2. The highest BCUT2D eigenvalue weighted by Crippen LogP contribution is 2.22. The highest BCUT2D eigenvalue weighted by atomic mass is 35.5. The topological polar surface area (TPSA) is 23.8 Å². The minimum absolute atomic E-state index is 0.0750. The fourth-order valence-electron chi connectivity index (χ4n) is 0.639. The minimum Gasteiger partial charge on any atom is -0.204 e. The molecule has 0 unspecified atom stereocenters. The first-order valence-electron chi connectivity index (χ1n) is 2.73. The summed E-state index contributed by atoms with van der Waals surface area (Å²) >= 11 is 9.20. The van der Waals surface area contributed by atoms with Crippen molar-refractivity contribution >= 4 is 24.2 Å². The van der Waals surface area contributed by atoms with E-state index in [1.165, 1.54) is 12.1 Å². The minimum atomic E-state index is -0.589. The number of rotatable bonds is 0. The van der Waals surface area contributed by atoms with Gasteiger partial charge in [0.1, 0.15) is 0 Å². The van der Waals surface area contributed by atoms with E-state index < -0.39 is 5.82 Å². The Morgan fingerprint density at radius 3 is 2.64 bits per heavy atom. The predicted molar refractivity (Wildman–Crippen MR) is 43.4 cm³/mol. The molecule has 4 heteroatoms. The van der Waals surface area contributed by atoms with E-state index in [1.54, 1.807) is 0 Å². The van der Waals surface area contributed by atoms with Crippen LogP contribution in [0.5, 0.6) is 0 Å². The van der Waals surface area contributed by atoms with E-state index in [0.29, 0.717) is 5.56 Å². The molecule has 0 heterocycles. The van der Waals surface area contributed by atoms with E-state index in [0.717, 1.165) is 0 Å². The Morgan fingerprint density at radius 2 is 2.18 bits per heavy atom. The molecule has 1 rings (SSSR count). The molecule has 0 N–H and O–H groups in total. The maximum atomic E-state index is 12.7. The van der Waals surface area contributed by atoms with Gasteiger partial charge in [0.05, 0.1) is 16.7 Å². The zero-order valence-electron chi connectivity index (χ0n) is 5.31. The smallest absolute Gasteiger partial charge is 0.155 e. The fraction of sp³-hybridized carbons (Fsp3) is 0. The van der Waals surface area contributed by atoms with Gasteiger partial charge in [-0.25, -0.2) is 4.39 Å². The van der Waals surface area contributed by atoms with E-state index in [2.05, 4.69) is 12.6 Å². The Bertz CT molecular complexity index is 309. The molecule has 0 aromatic heterocycles. The molecule has 0 spiro atoms. The van der Waals surface area contributed by atoms with Crippen LogP contribution in [0.2, 0.25) is 5.02 Å². The molecule has 0 aliphatic rings. The highest BCUT2D eigenvalue weighted by molar-refractivity contribution is 7.80. The summed E-state index contributed by atoms with van der Waals surface area (Å²) in [6.45, 7) is 0. The van der Waals surface area contributed by atoms with Crippen molar-refractivity contribution in [3.05, 3.63) is 28.5 Å². The highest BCUT2D eigenvalue weighted by Gasteiger charge is 2.05. The van der Waals surface area contributed by atoms with E-state index in [4.69, 9.17) is 16.9 Å². The fourth-order valence-corrected chi connectivity index (χ4v) is 1.18. The summed E-state index contributed by atoms with van der Waals surface area (Å²) in [6.07, 6.45) is 0. The van der Waals surface area contributed by atoms with Crippen LogP contribution in [0.25, 0.3) is 0 Å². The van der Waals surface area contributed by atoms with Gasteiger partial charge in [0, 0.05) is 4.90 Å². The molecule has 0 aliphatic carbocycles. The first-order chi connectivity index (χ1) is 5.15. The lowest BCUT2D eigenvalue weighted by molar-refractivity contribution is 0.603. The second kappa shape index (κ2) is 3.12. The van der Waals surface area contributed by atoms with E-state index >= 15 is 0 Å². The van der Waals surface area contributed by atoms with E-state index in [9.17, 15) is 4.39 Å². The van der Waals surface area contributed by atoms with Gasteiger partial charge in [0.15, 0.2) is 5.82 Å². The molecule has 0 radical (unpaired) electrons. The molecule has 0 amide bonds. The normalized spacial score (nSPS) is 9.27. The predicted octanol–water partition coefficient (Wildman–Crippen LogP) is 2.64. The summed E-state index contributed by atoms with van der Waals surface area (Å²) < 4.78 is 12.7. The van der Waals surface area contributed by atoms with Gasteiger partial charge in [-0.05, 0) is 12.1 Å². The van der Waals surface area contributed by atoms with Crippen molar-refractivity contribution < 1.29 is 4.39 Å². The van der Waals surface area contributed by atoms with E-state index in [1.807, 2.05) is 6.07 Å². The van der Waals surface area contributed by atoms with Crippen LogP contribution in [0, 0.1) is 17.1 Å². The van der Waals surface area contributed by atoms with Crippen molar-refractivity contribution in [1.29, 1.82) is 5.26 Å².